The summed E-state index contributed by atoms with van der Waals surface area (Å²) in [6.07, 6.45) is 2.01. The molecule has 1 aliphatic rings. The fourth-order valence-corrected chi connectivity index (χ4v) is 2.50. The number of hydrogen-bond acceptors (Lipinski definition) is 5. The van der Waals surface area contributed by atoms with E-state index in [1.165, 1.54) is 6.07 Å². The van der Waals surface area contributed by atoms with E-state index < -0.39 is 4.92 Å². The summed E-state index contributed by atoms with van der Waals surface area (Å²) in [5, 5.41) is 16.3. The monoisotopic (exact) mass is 320 g/mol. The van der Waals surface area contributed by atoms with E-state index in [9.17, 15) is 19.7 Å². The van der Waals surface area contributed by atoms with Crippen LogP contribution in [-0.4, -0.2) is 47.8 Å². The van der Waals surface area contributed by atoms with Crippen LogP contribution in [0.15, 0.2) is 18.2 Å². The first-order chi connectivity index (χ1) is 11.0. The minimum atomic E-state index is -0.463. The molecule has 1 aromatic carbocycles. The van der Waals surface area contributed by atoms with Gasteiger partial charge in [-0.3, -0.25) is 19.7 Å². The maximum atomic E-state index is 11.8. The summed E-state index contributed by atoms with van der Waals surface area (Å²) < 4.78 is 0. The lowest BCUT2D eigenvalue weighted by molar-refractivity contribution is -0.385. The zero-order valence-electron chi connectivity index (χ0n) is 13.0. The predicted molar refractivity (Wildman–Crippen MR) is 85.1 cm³/mol. The quantitative estimate of drug-likeness (QED) is 0.602. The summed E-state index contributed by atoms with van der Waals surface area (Å²) in [6, 6.07) is 4.64. The Morgan fingerprint density at radius 1 is 1.26 bits per heavy atom. The van der Waals surface area contributed by atoms with Gasteiger partial charge in [-0.2, -0.15) is 0 Å². The van der Waals surface area contributed by atoms with Gasteiger partial charge in [0.15, 0.2) is 0 Å². The second-order valence-corrected chi connectivity index (χ2v) is 5.42. The second-order valence-electron chi connectivity index (χ2n) is 5.42. The van der Waals surface area contributed by atoms with Crippen molar-refractivity contribution in [3.8, 4) is 0 Å². The Morgan fingerprint density at radius 2 is 1.96 bits per heavy atom. The minimum Gasteiger partial charge on any atom is -0.376 e. The molecule has 1 saturated heterocycles. The average molecular weight is 320 g/mol. The topological polar surface area (TPSA) is 105 Å². The molecule has 0 aliphatic carbocycles. The van der Waals surface area contributed by atoms with Gasteiger partial charge in [0, 0.05) is 30.4 Å². The fourth-order valence-electron chi connectivity index (χ4n) is 2.50. The molecule has 0 saturated carbocycles. The van der Waals surface area contributed by atoms with Gasteiger partial charge in [-0.05, 0) is 25.8 Å². The first-order valence-corrected chi connectivity index (χ1v) is 7.51. The molecular weight excluding hydrogens is 300 g/mol. The van der Waals surface area contributed by atoms with Gasteiger partial charge in [0.25, 0.3) is 5.69 Å². The zero-order chi connectivity index (χ0) is 16.8. The van der Waals surface area contributed by atoms with Gasteiger partial charge < -0.3 is 15.5 Å². The summed E-state index contributed by atoms with van der Waals surface area (Å²) in [4.78, 5) is 35.7. The third kappa shape index (κ3) is 4.41. The van der Waals surface area contributed by atoms with Crippen LogP contribution in [0.3, 0.4) is 0 Å². The number of nitrogens with one attached hydrogen (secondary N) is 2. The normalized spacial score (nSPS) is 13.7. The third-order valence-electron chi connectivity index (χ3n) is 3.84. The van der Waals surface area contributed by atoms with Gasteiger partial charge in [-0.25, -0.2) is 0 Å². The Morgan fingerprint density at radius 3 is 2.61 bits per heavy atom. The van der Waals surface area contributed by atoms with Gasteiger partial charge in [0.1, 0.15) is 0 Å². The van der Waals surface area contributed by atoms with E-state index in [4.69, 9.17) is 0 Å². The standard InChI is InChI=1S/C15H20N4O4/c1-11-12(5-4-6-13(11)19(22)23)16-9-14(20)17-10-15(21)18-7-2-3-8-18/h4-6,16H,2-3,7-10H2,1H3,(H,17,20). The Labute approximate surface area is 134 Å². The molecule has 8 heteroatoms. The first kappa shape index (κ1) is 16.7. The number of nitro benzene ring substituents is 1. The van der Waals surface area contributed by atoms with Gasteiger partial charge >= 0.3 is 0 Å². The largest absolute Gasteiger partial charge is 0.376 e. The van der Waals surface area contributed by atoms with Gasteiger partial charge in [-0.1, -0.05) is 6.07 Å². The Hall–Kier alpha value is -2.64. The van der Waals surface area contributed by atoms with Crippen LogP contribution in [0.25, 0.3) is 0 Å². The lowest BCUT2D eigenvalue weighted by atomic mass is 10.1. The Kier molecular flexibility index (Phi) is 5.51. The molecule has 0 unspecified atom stereocenters. The molecule has 8 nitrogen and oxygen atoms in total. The van der Waals surface area contributed by atoms with Crippen molar-refractivity contribution in [3.05, 3.63) is 33.9 Å². The van der Waals surface area contributed by atoms with Crippen molar-refractivity contribution in [2.45, 2.75) is 19.8 Å². The minimum absolute atomic E-state index is 0.000352. The number of anilines is 1. The maximum Gasteiger partial charge on any atom is 0.274 e. The van der Waals surface area contributed by atoms with Crippen LogP contribution in [0.4, 0.5) is 11.4 Å². The number of carbonyl (C=O) groups is 2. The molecule has 0 atom stereocenters. The first-order valence-electron chi connectivity index (χ1n) is 7.51. The average Bonchev–Trinajstić information content (AvgIpc) is 3.05. The van der Waals surface area contributed by atoms with Gasteiger partial charge in [0.05, 0.1) is 18.0 Å². The summed E-state index contributed by atoms with van der Waals surface area (Å²) in [7, 11) is 0. The summed E-state index contributed by atoms with van der Waals surface area (Å²) in [6.45, 7) is 3.05. The van der Waals surface area contributed by atoms with Crippen LogP contribution >= 0.6 is 0 Å². The molecule has 124 valence electrons. The third-order valence-corrected chi connectivity index (χ3v) is 3.84. The van der Waals surface area contributed by atoms with Crippen molar-refractivity contribution < 1.29 is 14.5 Å². The van der Waals surface area contributed by atoms with Crippen LogP contribution in [-0.2, 0) is 9.59 Å². The molecule has 1 aromatic rings. The lowest BCUT2D eigenvalue weighted by Crippen LogP contribution is -2.40. The number of rotatable bonds is 6. The van der Waals surface area contributed by atoms with Crippen molar-refractivity contribution in [2.24, 2.45) is 0 Å². The number of carbonyl (C=O) groups excluding carboxylic acids is 2. The van der Waals surface area contributed by atoms with Crippen LogP contribution in [0, 0.1) is 17.0 Å². The van der Waals surface area contributed by atoms with Crippen LogP contribution < -0.4 is 10.6 Å². The van der Waals surface area contributed by atoms with Crippen LogP contribution in [0.1, 0.15) is 18.4 Å². The van der Waals surface area contributed by atoms with Crippen molar-refractivity contribution >= 4 is 23.2 Å². The molecule has 1 fully saturated rings. The maximum absolute atomic E-state index is 11.8. The van der Waals surface area contributed by atoms with Gasteiger partial charge in [-0.15, -0.1) is 0 Å². The van der Waals surface area contributed by atoms with Crippen molar-refractivity contribution in [3.63, 3.8) is 0 Å². The predicted octanol–water partition coefficient (Wildman–Crippen LogP) is 1.05. The number of likely N-dealkylation sites (tertiary alicyclic amines) is 1. The number of benzene rings is 1. The number of amides is 2. The van der Waals surface area contributed by atoms with E-state index in [1.54, 1.807) is 24.0 Å². The molecule has 1 aliphatic heterocycles. The smallest absolute Gasteiger partial charge is 0.274 e. The van der Waals surface area contributed by atoms with E-state index in [0.717, 1.165) is 25.9 Å². The van der Waals surface area contributed by atoms with Crippen LogP contribution in [0.5, 0.6) is 0 Å². The van der Waals surface area contributed by atoms with E-state index in [2.05, 4.69) is 10.6 Å². The van der Waals surface area contributed by atoms with Crippen molar-refractivity contribution in [1.82, 2.24) is 10.2 Å². The fraction of sp³-hybridized carbons (Fsp3) is 0.467. The highest BCUT2D eigenvalue weighted by Gasteiger charge is 2.18. The van der Waals surface area contributed by atoms with Gasteiger partial charge in [0.2, 0.25) is 11.8 Å². The van der Waals surface area contributed by atoms with E-state index in [1.807, 2.05) is 0 Å². The highest BCUT2D eigenvalue weighted by molar-refractivity contribution is 5.87. The molecule has 2 rings (SSSR count). The van der Waals surface area contributed by atoms with Crippen molar-refractivity contribution in [2.75, 3.05) is 31.5 Å². The molecule has 0 spiro atoms. The number of nitrogens with zero attached hydrogens (tertiary/aromatic N) is 2. The van der Waals surface area contributed by atoms with Crippen LogP contribution in [0.2, 0.25) is 0 Å². The molecule has 2 N–H and O–H groups in total. The summed E-state index contributed by atoms with van der Waals surface area (Å²) in [5.41, 5.74) is 0.998. The Balaban J connectivity index is 1.81. The summed E-state index contributed by atoms with van der Waals surface area (Å²) >= 11 is 0. The zero-order valence-corrected chi connectivity index (χ0v) is 13.0. The van der Waals surface area contributed by atoms with E-state index >= 15 is 0 Å². The lowest BCUT2D eigenvalue weighted by Gasteiger charge is -2.15. The molecule has 0 bridgehead atoms. The molecule has 2 amide bonds. The molecule has 0 radical (unpaired) electrons. The van der Waals surface area contributed by atoms with Crippen molar-refractivity contribution in [1.29, 1.82) is 0 Å². The Bertz CT molecular complexity index is 611. The molecule has 0 aromatic heterocycles. The highest BCUT2D eigenvalue weighted by Crippen LogP contribution is 2.24. The second kappa shape index (κ2) is 7.57. The molecular formula is C15H20N4O4. The summed E-state index contributed by atoms with van der Waals surface area (Å²) in [5.74, 6) is -0.411. The van der Waals surface area contributed by atoms with E-state index in [-0.39, 0.29) is 30.6 Å². The molecule has 1 heterocycles. The van der Waals surface area contributed by atoms with E-state index in [0.29, 0.717) is 11.3 Å². The SMILES string of the molecule is Cc1c(NCC(=O)NCC(=O)N2CCCC2)cccc1[N+](=O)[O-]. The molecule has 23 heavy (non-hydrogen) atoms. The number of hydrogen-bond donors (Lipinski definition) is 2. The highest BCUT2D eigenvalue weighted by atomic mass is 16.6. The number of nitro groups is 1.